The van der Waals surface area contributed by atoms with Crippen LogP contribution in [0.2, 0.25) is 5.02 Å². The van der Waals surface area contributed by atoms with Crippen LogP contribution >= 0.6 is 11.6 Å². The molecular formula is C10H8ClN3O. The van der Waals surface area contributed by atoms with Crippen LogP contribution in [-0.4, -0.2) is 10.2 Å². The summed E-state index contributed by atoms with van der Waals surface area (Å²) in [4.78, 5) is 11.5. The first-order valence-electron chi connectivity index (χ1n) is 4.28. The number of benzene rings is 1. The fraction of sp³-hybridized carbons (Fsp3) is 0. The third-order valence-electron chi connectivity index (χ3n) is 1.99. The molecule has 0 amide bonds. The number of hydrogen-bond donors (Lipinski definition) is 2. The molecule has 2 aromatic rings. The SMILES string of the molecule is Nc1cc(-c2ccccc2Cl)c(=O)[nH]n1. The van der Waals surface area contributed by atoms with Gasteiger partial charge in [-0.15, -0.1) is 0 Å². The van der Waals surface area contributed by atoms with E-state index in [-0.39, 0.29) is 11.4 Å². The minimum absolute atomic E-state index is 0.254. The number of H-pyrrole nitrogens is 1. The third-order valence-corrected chi connectivity index (χ3v) is 2.32. The van der Waals surface area contributed by atoms with E-state index in [1.54, 1.807) is 24.3 Å². The Morgan fingerprint density at radius 1 is 1.27 bits per heavy atom. The van der Waals surface area contributed by atoms with Crippen LogP contribution in [0.4, 0.5) is 5.82 Å². The van der Waals surface area contributed by atoms with E-state index in [9.17, 15) is 4.79 Å². The van der Waals surface area contributed by atoms with Gasteiger partial charge in [-0.1, -0.05) is 29.8 Å². The molecule has 0 radical (unpaired) electrons. The summed E-state index contributed by atoms with van der Waals surface area (Å²) < 4.78 is 0. The van der Waals surface area contributed by atoms with Crippen molar-refractivity contribution < 1.29 is 0 Å². The molecule has 1 aromatic heterocycles. The second-order valence-corrected chi connectivity index (χ2v) is 3.42. The number of hydrogen-bond acceptors (Lipinski definition) is 3. The average molecular weight is 222 g/mol. The van der Waals surface area contributed by atoms with Crippen molar-refractivity contribution in [3.63, 3.8) is 0 Å². The van der Waals surface area contributed by atoms with E-state index in [0.717, 1.165) is 0 Å². The number of rotatable bonds is 1. The van der Waals surface area contributed by atoms with Crippen LogP contribution in [-0.2, 0) is 0 Å². The summed E-state index contributed by atoms with van der Waals surface area (Å²) in [6.45, 7) is 0. The molecule has 0 saturated heterocycles. The number of aromatic nitrogens is 2. The second-order valence-electron chi connectivity index (χ2n) is 3.02. The number of halogens is 1. The Hall–Kier alpha value is -1.81. The molecule has 0 aliphatic carbocycles. The lowest BCUT2D eigenvalue weighted by molar-refractivity contribution is 1.00. The van der Waals surface area contributed by atoms with Gasteiger partial charge in [-0.2, -0.15) is 5.10 Å². The molecule has 0 spiro atoms. The van der Waals surface area contributed by atoms with Gasteiger partial charge < -0.3 is 5.73 Å². The molecule has 2 rings (SSSR count). The summed E-state index contributed by atoms with van der Waals surface area (Å²) in [7, 11) is 0. The van der Waals surface area contributed by atoms with Gasteiger partial charge in [0, 0.05) is 10.6 Å². The zero-order valence-corrected chi connectivity index (χ0v) is 8.45. The first kappa shape index (κ1) is 9.73. The zero-order valence-electron chi connectivity index (χ0n) is 7.70. The average Bonchev–Trinajstić information content (AvgIpc) is 2.23. The van der Waals surface area contributed by atoms with E-state index < -0.39 is 0 Å². The lowest BCUT2D eigenvalue weighted by Crippen LogP contribution is -2.12. The summed E-state index contributed by atoms with van der Waals surface area (Å²) >= 11 is 5.97. The Bertz CT molecular complexity index is 550. The number of anilines is 1. The lowest BCUT2D eigenvalue weighted by atomic mass is 10.1. The summed E-state index contributed by atoms with van der Waals surface area (Å²) in [5, 5.41) is 6.40. The molecule has 4 nitrogen and oxygen atoms in total. The standard InChI is InChI=1S/C10H8ClN3O/c11-8-4-2-1-3-6(8)7-5-9(12)13-14-10(7)15/h1-5H,(H2,12,13)(H,14,15). The molecular weight excluding hydrogens is 214 g/mol. The van der Waals surface area contributed by atoms with E-state index in [1.165, 1.54) is 6.07 Å². The van der Waals surface area contributed by atoms with Gasteiger partial charge in [0.05, 0.1) is 5.56 Å². The molecule has 1 aromatic carbocycles. The van der Waals surface area contributed by atoms with Crippen molar-refractivity contribution in [3.05, 3.63) is 45.7 Å². The Morgan fingerprint density at radius 2 is 2.00 bits per heavy atom. The van der Waals surface area contributed by atoms with Gasteiger partial charge in [0.2, 0.25) is 0 Å². The van der Waals surface area contributed by atoms with E-state index in [1.807, 2.05) is 0 Å². The molecule has 0 atom stereocenters. The predicted molar refractivity (Wildman–Crippen MR) is 59.7 cm³/mol. The molecule has 76 valence electrons. The number of nitrogen functional groups attached to an aromatic ring is 1. The Balaban J connectivity index is 2.69. The van der Waals surface area contributed by atoms with Crippen LogP contribution < -0.4 is 11.3 Å². The van der Waals surface area contributed by atoms with Crippen molar-refractivity contribution in [2.24, 2.45) is 0 Å². The van der Waals surface area contributed by atoms with Crippen LogP contribution in [0.25, 0.3) is 11.1 Å². The van der Waals surface area contributed by atoms with Gasteiger partial charge in [0.1, 0.15) is 5.82 Å². The third kappa shape index (κ3) is 1.85. The molecule has 0 saturated carbocycles. The van der Waals surface area contributed by atoms with Crippen LogP contribution in [0.3, 0.4) is 0 Å². The Morgan fingerprint density at radius 3 is 2.73 bits per heavy atom. The quantitative estimate of drug-likeness (QED) is 0.770. The zero-order chi connectivity index (χ0) is 10.8. The highest BCUT2D eigenvalue weighted by atomic mass is 35.5. The number of aromatic amines is 1. The van der Waals surface area contributed by atoms with Crippen LogP contribution in [0.1, 0.15) is 0 Å². The van der Waals surface area contributed by atoms with Crippen LogP contribution in [0, 0.1) is 0 Å². The van der Waals surface area contributed by atoms with Crippen molar-refractivity contribution >= 4 is 17.4 Å². The maximum atomic E-state index is 11.5. The van der Waals surface area contributed by atoms with Crippen molar-refractivity contribution in [2.45, 2.75) is 0 Å². The normalized spacial score (nSPS) is 10.2. The molecule has 0 unspecified atom stereocenters. The summed E-state index contributed by atoms with van der Waals surface area (Å²) in [5.74, 6) is 0.254. The van der Waals surface area contributed by atoms with E-state index in [2.05, 4.69) is 10.2 Å². The molecule has 15 heavy (non-hydrogen) atoms. The van der Waals surface area contributed by atoms with Crippen molar-refractivity contribution in [1.82, 2.24) is 10.2 Å². The fourth-order valence-electron chi connectivity index (χ4n) is 1.30. The first-order valence-corrected chi connectivity index (χ1v) is 4.66. The molecule has 0 aliphatic heterocycles. The smallest absolute Gasteiger partial charge is 0.272 e. The maximum absolute atomic E-state index is 11.5. The van der Waals surface area contributed by atoms with Crippen molar-refractivity contribution in [1.29, 1.82) is 0 Å². The first-order chi connectivity index (χ1) is 7.18. The molecule has 3 N–H and O–H groups in total. The van der Waals surface area contributed by atoms with E-state index in [4.69, 9.17) is 17.3 Å². The van der Waals surface area contributed by atoms with Gasteiger partial charge in [-0.25, -0.2) is 5.10 Å². The number of nitrogens with two attached hydrogens (primary N) is 1. The molecule has 0 bridgehead atoms. The maximum Gasteiger partial charge on any atom is 0.272 e. The van der Waals surface area contributed by atoms with Crippen molar-refractivity contribution in [2.75, 3.05) is 5.73 Å². The minimum atomic E-state index is -0.308. The van der Waals surface area contributed by atoms with Gasteiger partial charge in [-0.3, -0.25) is 4.79 Å². The number of nitrogens with zero attached hydrogens (tertiary/aromatic N) is 1. The van der Waals surface area contributed by atoms with E-state index in [0.29, 0.717) is 16.1 Å². The topological polar surface area (TPSA) is 71.8 Å². The Labute approximate surface area is 90.7 Å². The number of nitrogens with one attached hydrogen (secondary N) is 1. The summed E-state index contributed by atoms with van der Waals surface area (Å²) in [6.07, 6.45) is 0. The molecule has 0 fully saturated rings. The van der Waals surface area contributed by atoms with Gasteiger partial charge >= 0.3 is 0 Å². The van der Waals surface area contributed by atoms with E-state index >= 15 is 0 Å². The lowest BCUT2D eigenvalue weighted by Gasteiger charge is -2.02. The monoisotopic (exact) mass is 221 g/mol. The highest BCUT2D eigenvalue weighted by molar-refractivity contribution is 6.33. The largest absolute Gasteiger partial charge is 0.382 e. The van der Waals surface area contributed by atoms with Gasteiger partial charge in [-0.05, 0) is 12.1 Å². The highest BCUT2D eigenvalue weighted by Crippen LogP contribution is 2.24. The Kier molecular flexibility index (Phi) is 2.43. The van der Waals surface area contributed by atoms with Gasteiger partial charge in [0.25, 0.3) is 5.56 Å². The van der Waals surface area contributed by atoms with Crippen molar-refractivity contribution in [3.8, 4) is 11.1 Å². The van der Waals surface area contributed by atoms with Crippen LogP contribution in [0.5, 0.6) is 0 Å². The molecule has 1 heterocycles. The summed E-state index contributed by atoms with van der Waals surface area (Å²) in [6, 6.07) is 8.57. The summed E-state index contributed by atoms with van der Waals surface area (Å²) in [5.41, 5.74) is 6.25. The fourth-order valence-corrected chi connectivity index (χ4v) is 1.54. The van der Waals surface area contributed by atoms with Crippen LogP contribution in [0.15, 0.2) is 35.1 Å². The predicted octanol–water partition coefficient (Wildman–Crippen LogP) is 1.67. The van der Waals surface area contributed by atoms with Gasteiger partial charge in [0.15, 0.2) is 0 Å². The molecule has 0 aliphatic rings. The highest BCUT2D eigenvalue weighted by Gasteiger charge is 2.07. The second kappa shape index (κ2) is 3.74. The minimum Gasteiger partial charge on any atom is -0.382 e. The molecule has 5 heteroatoms.